The fraction of sp³-hybridized carbons (Fsp3) is 0. The lowest BCUT2D eigenvalue weighted by molar-refractivity contribution is 0.919. The second-order valence-corrected chi connectivity index (χ2v) is 5.69. The van der Waals surface area contributed by atoms with Crippen molar-refractivity contribution in [2.24, 2.45) is 0 Å². The van der Waals surface area contributed by atoms with Gasteiger partial charge in [0, 0.05) is 23.3 Å². The van der Waals surface area contributed by atoms with Crippen LogP contribution in [0.3, 0.4) is 0 Å². The molecule has 2 aromatic heterocycles. The molecule has 0 saturated heterocycles. The van der Waals surface area contributed by atoms with E-state index in [-0.39, 0.29) is 12.3 Å². The maximum atomic E-state index is 13.0. The van der Waals surface area contributed by atoms with E-state index in [1.54, 1.807) is 12.4 Å². The van der Waals surface area contributed by atoms with E-state index in [4.69, 9.17) is 11.6 Å². The maximum absolute atomic E-state index is 13.0. The van der Waals surface area contributed by atoms with Crippen molar-refractivity contribution in [2.45, 2.75) is 0 Å². The quantitative estimate of drug-likeness (QED) is 0.602. The van der Waals surface area contributed by atoms with Crippen molar-refractivity contribution in [3.05, 3.63) is 52.2 Å². The molecule has 3 rings (SSSR count). The Bertz CT molecular complexity index is 745. The van der Waals surface area contributed by atoms with Crippen molar-refractivity contribution in [1.29, 1.82) is 0 Å². The molecular weight excluding hydrogens is 351 g/mol. The van der Waals surface area contributed by atoms with Crippen LogP contribution in [0.4, 0.5) is 3.89 Å². The van der Waals surface area contributed by atoms with Gasteiger partial charge >= 0.3 is 0 Å². The van der Waals surface area contributed by atoms with Crippen molar-refractivity contribution >= 4 is 50.9 Å². The topological polar surface area (TPSA) is 17.8 Å². The Hall–Kier alpha value is -1.04. The van der Waals surface area contributed by atoms with Gasteiger partial charge in [-0.15, -0.1) is 3.89 Å². The number of aromatic nitrogens is 2. The Morgan fingerprint density at radius 2 is 2.00 bits per heavy atom. The van der Waals surface area contributed by atoms with Gasteiger partial charge in [0.05, 0.1) is 9.50 Å². The Balaban J connectivity index is 2.39. The standard InChI is InChI=1S/C13H7BrClFN2S/c14-10-6-17-13-11(12(10)15)9(7-18(13)19-16)8-4-2-1-3-5-8/h1-7H. The molecule has 0 atom stereocenters. The average molecular weight is 358 g/mol. The number of rotatable bonds is 2. The molecule has 0 amide bonds. The largest absolute Gasteiger partial charge is 0.246 e. The molecule has 19 heavy (non-hydrogen) atoms. The average Bonchev–Trinajstić information content (AvgIpc) is 2.83. The number of hydrogen-bond acceptors (Lipinski definition) is 2. The van der Waals surface area contributed by atoms with Crippen LogP contribution in [0, 0.1) is 0 Å². The van der Waals surface area contributed by atoms with Gasteiger partial charge in [-0.1, -0.05) is 41.9 Å². The molecule has 2 nitrogen and oxygen atoms in total. The summed E-state index contributed by atoms with van der Waals surface area (Å²) in [6.45, 7) is 0. The van der Waals surface area contributed by atoms with Crippen LogP contribution >= 0.6 is 39.9 Å². The molecule has 2 heterocycles. The van der Waals surface area contributed by atoms with E-state index in [1.807, 2.05) is 30.3 Å². The Kier molecular flexibility index (Phi) is 3.52. The van der Waals surface area contributed by atoms with Gasteiger partial charge in [-0.3, -0.25) is 0 Å². The van der Waals surface area contributed by atoms with Gasteiger partial charge in [0.15, 0.2) is 18.0 Å². The molecule has 0 N–H and O–H groups in total. The second kappa shape index (κ2) is 5.15. The zero-order valence-electron chi connectivity index (χ0n) is 9.48. The summed E-state index contributed by atoms with van der Waals surface area (Å²) in [5.74, 6) is 0. The number of pyridine rings is 1. The van der Waals surface area contributed by atoms with Crippen LogP contribution in [0.25, 0.3) is 22.2 Å². The van der Waals surface area contributed by atoms with Crippen LogP contribution in [-0.2, 0) is 0 Å². The number of benzene rings is 1. The van der Waals surface area contributed by atoms with E-state index < -0.39 is 0 Å². The first-order chi connectivity index (χ1) is 9.22. The van der Waals surface area contributed by atoms with E-state index in [0.717, 1.165) is 16.5 Å². The summed E-state index contributed by atoms with van der Waals surface area (Å²) >= 11 is 9.78. The van der Waals surface area contributed by atoms with Crippen LogP contribution in [0.1, 0.15) is 0 Å². The zero-order chi connectivity index (χ0) is 13.4. The molecule has 96 valence electrons. The molecule has 0 fully saturated rings. The fourth-order valence-electron chi connectivity index (χ4n) is 1.99. The SMILES string of the molecule is FSn1cc(-c2ccccc2)c2c(Cl)c(Br)cnc21. The fourth-order valence-corrected chi connectivity index (χ4v) is 2.88. The van der Waals surface area contributed by atoms with Gasteiger partial charge < -0.3 is 0 Å². The van der Waals surface area contributed by atoms with Gasteiger partial charge in [0.1, 0.15) is 0 Å². The molecular formula is C13H7BrClFN2S. The van der Waals surface area contributed by atoms with Gasteiger partial charge in [-0.2, -0.15) is 0 Å². The lowest BCUT2D eigenvalue weighted by atomic mass is 10.1. The minimum absolute atomic E-state index is 0.109. The van der Waals surface area contributed by atoms with Gasteiger partial charge in [-0.05, 0) is 21.5 Å². The molecule has 1 aromatic carbocycles. The van der Waals surface area contributed by atoms with E-state index in [0.29, 0.717) is 15.1 Å². The summed E-state index contributed by atoms with van der Waals surface area (Å²) in [6, 6.07) is 9.71. The van der Waals surface area contributed by atoms with Crippen LogP contribution in [0.2, 0.25) is 5.02 Å². The summed E-state index contributed by atoms with van der Waals surface area (Å²) in [5.41, 5.74) is 2.35. The predicted molar refractivity (Wildman–Crippen MR) is 82.0 cm³/mol. The van der Waals surface area contributed by atoms with Crippen molar-refractivity contribution in [3.8, 4) is 11.1 Å². The second-order valence-electron chi connectivity index (χ2n) is 3.92. The number of hydrogen-bond donors (Lipinski definition) is 0. The van der Waals surface area contributed by atoms with E-state index in [2.05, 4.69) is 20.9 Å². The van der Waals surface area contributed by atoms with Crippen molar-refractivity contribution in [3.63, 3.8) is 0 Å². The first kappa shape index (κ1) is 13.0. The molecule has 0 aliphatic rings. The summed E-state index contributed by atoms with van der Waals surface area (Å²) < 4.78 is 15.1. The summed E-state index contributed by atoms with van der Waals surface area (Å²) in [5, 5.41) is 1.28. The van der Waals surface area contributed by atoms with E-state index in [1.165, 1.54) is 3.97 Å². The molecule has 6 heteroatoms. The van der Waals surface area contributed by atoms with Crippen LogP contribution in [-0.4, -0.2) is 8.96 Å². The first-order valence-corrected chi connectivity index (χ1v) is 7.26. The minimum atomic E-state index is 0.109. The molecule has 0 bridgehead atoms. The Morgan fingerprint density at radius 1 is 1.26 bits per heavy atom. The summed E-state index contributed by atoms with van der Waals surface area (Å²) in [7, 11) is 0. The van der Waals surface area contributed by atoms with Gasteiger partial charge in [0.25, 0.3) is 0 Å². The molecule has 0 unspecified atom stereocenters. The van der Waals surface area contributed by atoms with Crippen LogP contribution in [0.15, 0.2) is 47.2 Å². The smallest absolute Gasteiger partial charge is 0.171 e. The van der Waals surface area contributed by atoms with Gasteiger partial charge in [-0.25, -0.2) is 8.96 Å². The third-order valence-electron chi connectivity index (χ3n) is 2.84. The van der Waals surface area contributed by atoms with Crippen molar-refractivity contribution < 1.29 is 3.89 Å². The molecule has 0 aliphatic heterocycles. The van der Waals surface area contributed by atoms with Crippen LogP contribution in [0.5, 0.6) is 0 Å². The van der Waals surface area contributed by atoms with Crippen molar-refractivity contribution in [2.75, 3.05) is 0 Å². The number of halogens is 3. The molecule has 0 aliphatic carbocycles. The van der Waals surface area contributed by atoms with Gasteiger partial charge in [0.2, 0.25) is 0 Å². The third kappa shape index (κ3) is 2.16. The number of fused-ring (bicyclic) bond motifs is 1. The highest BCUT2D eigenvalue weighted by Gasteiger charge is 2.16. The lowest BCUT2D eigenvalue weighted by Crippen LogP contribution is -1.84. The highest BCUT2D eigenvalue weighted by Crippen LogP contribution is 2.39. The molecule has 3 aromatic rings. The third-order valence-corrected chi connectivity index (χ3v) is 4.49. The molecule has 0 spiro atoms. The molecule has 0 radical (unpaired) electrons. The predicted octanol–water partition coefficient (Wildman–Crippen LogP) is 5.50. The highest BCUT2D eigenvalue weighted by atomic mass is 79.9. The maximum Gasteiger partial charge on any atom is 0.171 e. The summed E-state index contributed by atoms with van der Waals surface area (Å²) in [4.78, 5) is 4.23. The monoisotopic (exact) mass is 356 g/mol. The Morgan fingerprint density at radius 3 is 2.68 bits per heavy atom. The first-order valence-electron chi connectivity index (χ1n) is 5.42. The lowest BCUT2D eigenvalue weighted by Gasteiger charge is -2.02. The molecule has 0 saturated carbocycles. The van der Waals surface area contributed by atoms with E-state index in [9.17, 15) is 3.89 Å². The van der Waals surface area contributed by atoms with Crippen LogP contribution < -0.4 is 0 Å². The summed E-state index contributed by atoms with van der Waals surface area (Å²) in [6.07, 6.45) is 3.28. The van der Waals surface area contributed by atoms with E-state index >= 15 is 0 Å². The number of nitrogens with zero attached hydrogens (tertiary/aromatic N) is 2. The highest BCUT2D eigenvalue weighted by molar-refractivity contribution is 9.10. The zero-order valence-corrected chi connectivity index (χ0v) is 12.6. The minimum Gasteiger partial charge on any atom is -0.246 e. The Labute approximate surface area is 127 Å². The van der Waals surface area contributed by atoms with Crippen molar-refractivity contribution in [1.82, 2.24) is 8.96 Å². The normalized spacial score (nSPS) is 11.1.